The topological polar surface area (TPSA) is 99.7 Å². The van der Waals surface area contributed by atoms with Gasteiger partial charge in [0.1, 0.15) is 6.04 Å². The van der Waals surface area contributed by atoms with Crippen LogP contribution in [0.15, 0.2) is 114 Å². The monoisotopic (exact) mass is 610 g/mol. The van der Waals surface area contributed by atoms with E-state index in [0.717, 1.165) is 35.1 Å². The van der Waals surface area contributed by atoms with Gasteiger partial charge in [-0.15, -0.1) is 0 Å². The molecule has 9 heteroatoms. The first-order valence-electron chi connectivity index (χ1n) is 15.0. The molecule has 3 aromatic carbocycles. The summed E-state index contributed by atoms with van der Waals surface area (Å²) >= 11 is 0. The smallest absolute Gasteiger partial charge is 0.243 e. The van der Waals surface area contributed by atoms with Gasteiger partial charge in [0.05, 0.1) is 4.90 Å². The number of carbonyl (C=O) groups excluding carboxylic acids is 2. The lowest BCUT2D eigenvalue weighted by molar-refractivity contribution is -0.141. The summed E-state index contributed by atoms with van der Waals surface area (Å²) in [7, 11) is -3.50. The molecule has 1 unspecified atom stereocenters. The van der Waals surface area contributed by atoms with E-state index < -0.39 is 16.1 Å². The van der Waals surface area contributed by atoms with Crippen molar-refractivity contribution in [2.75, 3.05) is 13.1 Å². The molecule has 44 heavy (non-hydrogen) atoms. The molecule has 1 aliphatic heterocycles. The van der Waals surface area contributed by atoms with Gasteiger partial charge < -0.3 is 10.2 Å². The van der Waals surface area contributed by atoms with Crippen molar-refractivity contribution in [1.29, 1.82) is 0 Å². The molecule has 1 atom stereocenters. The van der Waals surface area contributed by atoms with E-state index in [1.165, 1.54) is 4.31 Å². The molecule has 0 aliphatic carbocycles. The average molecular weight is 611 g/mol. The number of pyridine rings is 1. The van der Waals surface area contributed by atoms with Crippen LogP contribution in [0.25, 0.3) is 0 Å². The largest absolute Gasteiger partial charge is 0.350 e. The summed E-state index contributed by atoms with van der Waals surface area (Å²) in [6.07, 6.45) is 6.11. The van der Waals surface area contributed by atoms with Gasteiger partial charge in [-0.25, -0.2) is 8.42 Å². The van der Waals surface area contributed by atoms with Gasteiger partial charge in [-0.05, 0) is 59.7 Å². The maximum atomic E-state index is 14.0. The molecular weight excluding hydrogens is 572 g/mol. The third-order valence-electron chi connectivity index (χ3n) is 7.91. The van der Waals surface area contributed by atoms with Crippen LogP contribution in [0.4, 0.5) is 0 Å². The Hall–Kier alpha value is -4.34. The number of rotatable bonds is 13. The fraction of sp³-hybridized carbons (Fsp3) is 0.286. The highest BCUT2D eigenvalue weighted by atomic mass is 32.2. The number of aryl methyl sites for hydroxylation is 1. The highest BCUT2D eigenvalue weighted by Crippen LogP contribution is 2.22. The number of sulfonamides is 1. The van der Waals surface area contributed by atoms with E-state index in [2.05, 4.69) is 10.3 Å². The average Bonchev–Trinajstić information content (AvgIpc) is 3.62. The first-order valence-corrected chi connectivity index (χ1v) is 16.5. The Morgan fingerprint density at radius 2 is 1.43 bits per heavy atom. The molecule has 4 aromatic rings. The molecule has 0 bridgehead atoms. The van der Waals surface area contributed by atoms with Crippen LogP contribution in [0, 0.1) is 0 Å². The molecule has 0 radical (unpaired) electrons. The van der Waals surface area contributed by atoms with Gasteiger partial charge in [-0.1, -0.05) is 78.9 Å². The Morgan fingerprint density at radius 1 is 0.795 bits per heavy atom. The lowest BCUT2D eigenvalue weighted by Crippen LogP contribution is -2.50. The number of hydrogen-bond acceptors (Lipinski definition) is 5. The number of carbonyl (C=O) groups is 2. The zero-order valence-electron chi connectivity index (χ0n) is 24.7. The van der Waals surface area contributed by atoms with Crippen LogP contribution >= 0.6 is 0 Å². The maximum Gasteiger partial charge on any atom is 0.243 e. The van der Waals surface area contributed by atoms with Crippen LogP contribution in [0.5, 0.6) is 0 Å². The van der Waals surface area contributed by atoms with Gasteiger partial charge in [-0.3, -0.25) is 14.6 Å². The predicted octanol–water partition coefficient (Wildman–Crippen LogP) is 4.76. The summed E-state index contributed by atoms with van der Waals surface area (Å²) in [6, 6.07) is 29.2. The zero-order chi connectivity index (χ0) is 30.8. The maximum absolute atomic E-state index is 14.0. The van der Waals surface area contributed by atoms with Crippen molar-refractivity contribution < 1.29 is 18.0 Å². The number of benzene rings is 3. The Morgan fingerprint density at radius 3 is 2.07 bits per heavy atom. The molecule has 1 aromatic heterocycles. The van der Waals surface area contributed by atoms with Crippen LogP contribution in [-0.4, -0.2) is 53.6 Å². The van der Waals surface area contributed by atoms with Crippen molar-refractivity contribution in [2.24, 2.45) is 0 Å². The zero-order valence-corrected chi connectivity index (χ0v) is 25.5. The van der Waals surface area contributed by atoms with Crippen LogP contribution in [0.3, 0.4) is 0 Å². The minimum atomic E-state index is -3.50. The molecule has 8 nitrogen and oxygen atoms in total. The molecule has 228 valence electrons. The molecule has 2 heterocycles. The lowest BCUT2D eigenvalue weighted by atomic mass is 10.0. The first-order chi connectivity index (χ1) is 21.4. The number of hydrogen-bond donors (Lipinski definition) is 1. The quantitative estimate of drug-likeness (QED) is 0.236. The van der Waals surface area contributed by atoms with Crippen molar-refractivity contribution >= 4 is 21.8 Å². The van der Waals surface area contributed by atoms with Crippen LogP contribution in [-0.2, 0) is 45.5 Å². The van der Waals surface area contributed by atoms with E-state index in [4.69, 9.17) is 0 Å². The molecule has 1 N–H and O–H groups in total. The highest BCUT2D eigenvalue weighted by Gasteiger charge is 2.30. The van der Waals surface area contributed by atoms with Crippen molar-refractivity contribution in [3.8, 4) is 0 Å². The summed E-state index contributed by atoms with van der Waals surface area (Å²) in [5.41, 5.74) is 3.61. The molecule has 0 spiro atoms. The van der Waals surface area contributed by atoms with Gasteiger partial charge in [0.2, 0.25) is 21.8 Å². The molecule has 2 amide bonds. The number of aromatic nitrogens is 1. The van der Waals surface area contributed by atoms with E-state index in [1.807, 2.05) is 72.8 Å². The summed E-state index contributed by atoms with van der Waals surface area (Å²) < 4.78 is 27.4. The Bertz CT molecular complexity index is 1610. The van der Waals surface area contributed by atoms with Gasteiger partial charge in [0.15, 0.2) is 0 Å². The van der Waals surface area contributed by atoms with Gasteiger partial charge >= 0.3 is 0 Å². The van der Waals surface area contributed by atoms with E-state index >= 15 is 0 Å². The predicted molar refractivity (Wildman–Crippen MR) is 170 cm³/mol. The summed E-state index contributed by atoms with van der Waals surface area (Å²) in [6.45, 7) is 1.69. The number of nitrogens with one attached hydrogen (secondary N) is 1. The first kappa shape index (κ1) is 31.1. The third-order valence-corrected chi connectivity index (χ3v) is 9.82. The lowest BCUT2D eigenvalue weighted by Gasteiger charge is -2.31. The van der Waals surface area contributed by atoms with Crippen LogP contribution in [0.1, 0.15) is 41.5 Å². The highest BCUT2D eigenvalue weighted by molar-refractivity contribution is 7.89. The van der Waals surface area contributed by atoms with Gasteiger partial charge in [0.25, 0.3) is 0 Å². The molecule has 5 rings (SSSR count). The van der Waals surface area contributed by atoms with Crippen molar-refractivity contribution in [3.63, 3.8) is 0 Å². The summed E-state index contributed by atoms with van der Waals surface area (Å²) in [5, 5.41) is 3.02. The molecule has 0 saturated carbocycles. The standard InChI is InChI=1S/C35H38N4O4S/c40-34(20-17-28-15-18-32(19-16-28)44(42,43)38-22-7-8-23-38)39(27-30-12-5-2-6-13-30)33(24-29-10-3-1-4-11-29)35(41)37-26-31-14-9-21-36-25-31/h1-6,9-16,18-19,21,25,33H,7-8,17,20,22-24,26-27H2,(H,37,41). The Labute approximate surface area is 259 Å². The Balaban J connectivity index is 1.35. The van der Waals surface area contributed by atoms with Gasteiger partial charge in [-0.2, -0.15) is 4.31 Å². The number of nitrogens with zero attached hydrogens (tertiary/aromatic N) is 3. The normalized spacial score (nSPS) is 14.2. The minimum absolute atomic E-state index is 0.153. The summed E-state index contributed by atoms with van der Waals surface area (Å²) in [5.74, 6) is -0.390. The van der Waals surface area contributed by atoms with Crippen LogP contribution in [0.2, 0.25) is 0 Å². The van der Waals surface area contributed by atoms with E-state index in [0.29, 0.717) is 32.5 Å². The van der Waals surface area contributed by atoms with E-state index in [9.17, 15) is 18.0 Å². The van der Waals surface area contributed by atoms with Crippen LogP contribution < -0.4 is 5.32 Å². The fourth-order valence-corrected chi connectivity index (χ4v) is 6.96. The van der Waals surface area contributed by atoms with Crippen molar-refractivity contribution in [1.82, 2.24) is 19.5 Å². The van der Waals surface area contributed by atoms with E-state index in [-0.39, 0.29) is 29.7 Å². The second-order valence-electron chi connectivity index (χ2n) is 11.0. The Kier molecular flexibility index (Phi) is 10.5. The molecule has 1 saturated heterocycles. The SMILES string of the molecule is O=C(NCc1cccnc1)C(Cc1ccccc1)N(Cc1ccccc1)C(=O)CCc1ccc(S(=O)(=O)N2CCCC2)cc1. The molecule has 1 aliphatic rings. The number of amides is 2. The fourth-order valence-electron chi connectivity index (χ4n) is 5.44. The summed E-state index contributed by atoms with van der Waals surface area (Å²) in [4.78, 5) is 33.8. The van der Waals surface area contributed by atoms with Crippen molar-refractivity contribution in [3.05, 3.63) is 132 Å². The second-order valence-corrected chi connectivity index (χ2v) is 13.0. The molecular formula is C35H38N4O4S. The minimum Gasteiger partial charge on any atom is -0.350 e. The molecule has 1 fully saturated rings. The van der Waals surface area contributed by atoms with E-state index in [1.54, 1.807) is 41.6 Å². The van der Waals surface area contributed by atoms with Crippen molar-refractivity contribution in [2.45, 2.75) is 56.1 Å². The van der Waals surface area contributed by atoms with Gasteiger partial charge in [0, 0.05) is 51.4 Å². The second kappa shape index (κ2) is 14.9. The third kappa shape index (κ3) is 8.18.